The number of amides is 1. The van der Waals surface area contributed by atoms with Crippen molar-refractivity contribution in [1.29, 1.82) is 0 Å². The highest BCUT2D eigenvalue weighted by Gasteiger charge is 2.15. The highest BCUT2D eigenvalue weighted by Crippen LogP contribution is 2.18. The van der Waals surface area contributed by atoms with Crippen molar-refractivity contribution < 1.29 is 9.53 Å². The Morgan fingerprint density at radius 2 is 2.04 bits per heavy atom. The molecule has 1 aliphatic heterocycles. The molecule has 0 aromatic heterocycles. The van der Waals surface area contributed by atoms with E-state index in [0.717, 1.165) is 63.6 Å². The highest BCUT2D eigenvalue weighted by atomic mass is 16.5. The van der Waals surface area contributed by atoms with Gasteiger partial charge in [0, 0.05) is 39.1 Å². The van der Waals surface area contributed by atoms with Crippen molar-refractivity contribution in [3.05, 3.63) is 29.8 Å². The Labute approximate surface area is 169 Å². The number of likely N-dealkylation sites (tertiary alicyclic amines) is 1. The van der Waals surface area contributed by atoms with Crippen LogP contribution >= 0.6 is 0 Å². The zero-order chi connectivity index (χ0) is 20.0. The quantitative estimate of drug-likeness (QED) is 0.367. The zero-order valence-corrected chi connectivity index (χ0v) is 17.5. The fourth-order valence-corrected chi connectivity index (χ4v) is 3.39. The second-order valence-corrected chi connectivity index (χ2v) is 7.02. The van der Waals surface area contributed by atoms with Gasteiger partial charge in [0.05, 0.1) is 6.61 Å². The first-order valence-electron chi connectivity index (χ1n) is 10.7. The Morgan fingerprint density at radius 3 is 2.86 bits per heavy atom. The number of guanidine groups is 1. The minimum absolute atomic E-state index is 0.305. The van der Waals surface area contributed by atoms with Crippen LogP contribution in [0.1, 0.15) is 51.5 Å². The number of ether oxygens (including phenoxy) is 1. The van der Waals surface area contributed by atoms with Crippen LogP contribution in [0.5, 0.6) is 5.75 Å². The second kappa shape index (κ2) is 13.0. The fraction of sp³-hybridized carbons (Fsp3) is 0.636. The van der Waals surface area contributed by atoms with E-state index in [4.69, 9.17) is 4.74 Å². The number of nitrogens with one attached hydrogen (secondary N) is 2. The van der Waals surface area contributed by atoms with Crippen LogP contribution in [0.25, 0.3) is 0 Å². The van der Waals surface area contributed by atoms with E-state index in [1.165, 1.54) is 12.0 Å². The first-order chi connectivity index (χ1) is 13.7. The van der Waals surface area contributed by atoms with Gasteiger partial charge in [-0.05, 0) is 51.2 Å². The molecule has 2 N–H and O–H groups in total. The summed E-state index contributed by atoms with van der Waals surface area (Å²) in [6, 6.07) is 8.17. The summed E-state index contributed by atoms with van der Waals surface area (Å²) >= 11 is 0. The van der Waals surface area contributed by atoms with Crippen LogP contribution in [0.2, 0.25) is 0 Å². The Kier molecular flexibility index (Phi) is 10.3. The number of carbonyl (C=O) groups excluding carboxylic acids is 1. The van der Waals surface area contributed by atoms with Gasteiger partial charge < -0.3 is 20.3 Å². The van der Waals surface area contributed by atoms with Crippen molar-refractivity contribution in [2.24, 2.45) is 4.99 Å². The number of para-hydroxylation sites is 1. The molecule has 0 unspecified atom stereocenters. The number of carbonyl (C=O) groups is 1. The molecule has 0 radical (unpaired) electrons. The normalized spacial score (nSPS) is 15.3. The fourth-order valence-electron chi connectivity index (χ4n) is 3.39. The van der Waals surface area contributed by atoms with Crippen LogP contribution in [0.3, 0.4) is 0 Å². The maximum atomic E-state index is 12.1. The number of hydrogen-bond acceptors (Lipinski definition) is 3. The van der Waals surface area contributed by atoms with E-state index in [2.05, 4.69) is 28.6 Å². The summed E-state index contributed by atoms with van der Waals surface area (Å²) < 4.78 is 5.69. The molecule has 0 atom stereocenters. The van der Waals surface area contributed by atoms with Crippen LogP contribution in [-0.4, -0.2) is 56.1 Å². The molecule has 0 aliphatic carbocycles. The molecule has 156 valence electrons. The van der Waals surface area contributed by atoms with E-state index < -0.39 is 0 Å². The van der Waals surface area contributed by atoms with Gasteiger partial charge in [0.2, 0.25) is 5.91 Å². The molecule has 2 rings (SSSR count). The van der Waals surface area contributed by atoms with Gasteiger partial charge in [-0.25, -0.2) is 0 Å². The maximum absolute atomic E-state index is 12.1. The lowest BCUT2D eigenvalue weighted by Crippen LogP contribution is -2.38. The van der Waals surface area contributed by atoms with Gasteiger partial charge in [-0.2, -0.15) is 0 Å². The van der Waals surface area contributed by atoms with E-state index in [-0.39, 0.29) is 0 Å². The molecule has 1 heterocycles. The largest absolute Gasteiger partial charge is 0.494 e. The molecule has 1 aliphatic rings. The molecule has 1 saturated heterocycles. The molecule has 0 saturated carbocycles. The number of nitrogens with zero attached hydrogens (tertiary/aromatic N) is 2. The highest BCUT2D eigenvalue weighted by molar-refractivity contribution is 5.79. The van der Waals surface area contributed by atoms with Crippen molar-refractivity contribution in [2.45, 2.75) is 52.4 Å². The van der Waals surface area contributed by atoms with Crippen LogP contribution < -0.4 is 15.4 Å². The average Bonchev–Trinajstić information content (AvgIpc) is 2.91. The van der Waals surface area contributed by atoms with E-state index >= 15 is 0 Å². The molecule has 1 aromatic rings. The van der Waals surface area contributed by atoms with E-state index in [1.807, 2.05) is 30.0 Å². The minimum atomic E-state index is 0.305. The van der Waals surface area contributed by atoms with Crippen molar-refractivity contribution >= 4 is 11.9 Å². The predicted molar refractivity (Wildman–Crippen MR) is 115 cm³/mol. The third kappa shape index (κ3) is 7.79. The number of benzene rings is 1. The lowest BCUT2D eigenvalue weighted by Gasteiger charge is -2.20. The van der Waals surface area contributed by atoms with Gasteiger partial charge in [-0.3, -0.25) is 9.79 Å². The van der Waals surface area contributed by atoms with Crippen LogP contribution in [-0.2, 0) is 11.2 Å². The Hall–Kier alpha value is -2.24. The molecule has 1 aromatic carbocycles. The number of rotatable bonds is 10. The monoisotopic (exact) mass is 388 g/mol. The first-order valence-corrected chi connectivity index (χ1v) is 10.7. The minimum Gasteiger partial charge on any atom is -0.494 e. The van der Waals surface area contributed by atoms with Crippen LogP contribution in [0, 0.1) is 0 Å². The summed E-state index contributed by atoms with van der Waals surface area (Å²) in [6.07, 6.45) is 5.81. The summed E-state index contributed by atoms with van der Waals surface area (Å²) in [5.41, 5.74) is 1.20. The second-order valence-electron chi connectivity index (χ2n) is 7.02. The molecule has 6 heteroatoms. The average molecular weight is 389 g/mol. The standard InChI is InChI=1S/C22H36N4O2/c1-3-23-22(24-15-10-18-26-17-9-5-6-13-21(26)27)25-16-14-19-11-7-8-12-20(19)28-4-2/h7-8,11-12H,3-6,9-10,13-18H2,1-2H3,(H2,23,24,25). The SMILES string of the molecule is CCNC(=NCCCN1CCCCCC1=O)NCCc1ccccc1OCC. The van der Waals surface area contributed by atoms with Crippen molar-refractivity contribution in [1.82, 2.24) is 15.5 Å². The Bertz CT molecular complexity index is 618. The first kappa shape index (κ1) is 22.1. The van der Waals surface area contributed by atoms with E-state index in [1.54, 1.807) is 0 Å². The van der Waals surface area contributed by atoms with Gasteiger partial charge in [-0.1, -0.05) is 24.6 Å². The summed E-state index contributed by atoms with van der Waals surface area (Å²) in [5.74, 6) is 2.09. The smallest absolute Gasteiger partial charge is 0.222 e. The molecular weight excluding hydrogens is 352 g/mol. The number of aliphatic imine (C=N–C) groups is 1. The van der Waals surface area contributed by atoms with Gasteiger partial charge in [0.1, 0.15) is 5.75 Å². The molecule has 1 amide bonds. The Balaban J connectivity index is 1.76. The van der Waals surface area contributed by atoms with Gasteiger partial charge in [0.15, 0.2) is 5.96 Å². The van der Waals surface area contributed by atoms with E-state index in [0.29, 0.717) is 25.5 Å². The summed E-state index contributed by atoms with van der Waals surface area (Å²) in [5, 5.41) is 6.69. The maximum Gasteiger partial charge on any atom is 0.222 e. The van der Waals surface area contributed by atoms with Crippen molar-refractivity contribution in [3.8, 4) is 5.75 Å². The number of hydrogen-bond donors (Lipinski definition) is 2. The molecule has 0 spiro atoms. The lowest BCUT2D eigenvalue weighted by molar-refractivity contribution is -0.130. The summed E-state index contributed by atoms with van der Waals surface area (Å²) in [7, 11) is 0. The predicted octanol–water partition coefficient (Wildman–Crippen LogP) is 2.98. The summed E-state index contributed by atoms with van der Waals surface area (Å²) in [4.78, 5) is 18.7. The van der Waals surface area contributed by atoms with Gasteiger partial charge >= 0.3 is 0 Å². The van der Waals surface area contributed by atoms with E-state index in [9.17, 15) is 4.79 Å². The summed E-state index contributed by atoms with van der Waals surface area (Å²) in [6.45, 7) is 8.79. The Morgan fingerprint density at radius 1 is 1.18 bits per heavy atom. The van der Waals surface area contributed by atoms with Crippen LogP contribution in [0.4, 0.5) is 0 Å². The lowest BCUT2D eigenvalue weighted by atomic mass is 10.1. The molecule has 0 bridgehead atoms. The molecule has 6 nitrogen and oxygen atoms in total. The molecule has 1 fully saturated rings. The van der Waals surface area contributed by atoms with Crippen molar-refractivity contribution in [2.75, 3.05) is 39.3 Å². The molecular formula is C22H36N4O2. The third-order valence-electron chi connectivity index (χ3n) is 4.83. The topological polar surface area (TPSA) is 66.0 Å². The van der Waals surface area contributed by atoms with Gasteiger partial charge in [0.25, 0.3) is 0 Å². The zero-order valence-electron chi connectivity index (χ0n) is 17.5. The van der Waals surface area contributed by atoms with Crippen LogP contribution in [0.15, 0.2) is 29.3 Å². The third-order valence-corrected chi connectivity index (χ3v) is 4.83. The molecule has 28 heavy (non-hydrogen) atoms. The van der Waals surface area contributed by atoms with Crippen molar-refractivity contribution in [3.63, 3.8) is 0 Å². The van der Waals surface area contributed by atoms with Gasteiger partial charge in [-0.15, -0.1) is 0 Å².